The van der Waals surface area contributed by atoms with Crippen molar-refractivity contribution in [3.8, 4) is 0 Å². The summed E-state index contributed by atoms with van der Waals surface area (Å²) in [6.45, 7) is 2.10. The molecule has 0 aliphatic carbocycles. The topological polar surface area (TPSA) is 35.5 Å². The first-order valence-corrected chi connectivity index (χ1v) is 2.58. The zero-order chi connectivity index (χ0) is 5.98. The molecule has 3 nitrogen and oxygen atoms in total. The molecular formula is C5H8O3. The standard InChI is InChI=1S/C5H8O3/c1-4(6)8-5-2-3-7-5/h5H,2-3H2,1H3. The summed E-state index contributed by atoms with van der Waals surface area (Å²) in [5, 5.41) is 0. The van der Waals surface area contributed by atoms with Crippen LogP contribution >= 0.6 is 0 Å². The van der Waals surface area contributed by atoms with Crippen LogP contribution in [0.15, 0.2) is 0 Å². The Bertz CT molecular complexity index is 95.8. The van der Waals surface area contributed by atoms with Crippen LogP contribution in [0.2, 0.25) is 0 Å². The molecule has 0 aromatic heterocycles. The number of rotatable bonds is 1. The predicted molar refractivity (Wildman–Crippen MR) is 26.1 cm³/mol. The van der Waals surface area contributed by atoms with E-state index in [1.807, 2.05) is 0 Å². The molecule has 1 fully saturated rings. The lowest BCUT2D eigenvalue weighted by molar-refractivity contribution is -0.214. The summed E-state index contributed by atoms with van der Waals surface area (Å²) in [4.78, 5) is 10.1. The highest BCUT2D eigenvalue weighted by Crippen LogP contribution is 2.11. The van der Waals surface area contributed by atoms with Crippen LogP contribution < -0.4 is 0 Å². The van der Waals surface area contributed by atoms with Crippen molar-refractivity contribution in [2.45, 2.75) is 19.6 Å². The van der Waals surface area contributed by atoms with Crippen LogP contribution in [0.25, 0.3) is 0 Å². The lowest BCUT2D eigenvalue weighted by Crippen LogP contribution is -2.30. The van der Waals surface area contributed by atoms with Crippen molar-refractivity contribution < 1.29 is 14.3 Å². The van der Waals surface area contributed by atoms with Gasteiger partial charge in [-0.15, -0.1) is 0 Å². The van der Waals surface area contributed by atoms with Gasteiger partial charge < -0.3 is 9.47 Å². The number of ether oxygens (including phenoxy) is 2. The van der Waals surface area contributed by atoms with Gasteiger partial charge in [0.1, 0.15) is 0 Å². The summed E-state index contributed by atoms with van der Waals surface area (Å²) in [6.07, 6.45) is 0.604. The summed E-state index contributed by atoms with van der Waals surface area (Å²) in [7, 11) is 0. The van der Waals surface area contributed by atoms with Crippen LogP contribution in [-0.2, 0) is 14.3 Å². The third-order valence-electron chi connectivity index (χ3n) is 0.955. The number of hydrogen-bond acceptors (Lipinski definition) is 3. The summed E-state index contributed by atoms with van der Waals surface area (Å²) in [5.41, 5.74) is 0. The van der Waals surface area contributed by atoms with E-state index in [4.69, 9.17) is 4.74 Å². The van der Waals surface area contributed by atoms with E-state index in [1.54, 1.807) is 0 Å². The Hall–Kier alpha value is -0.570. The maximum atomic E-state index is 10.1. The van der Waals surface area contributed by atoms with Crippen LogP contribution in [0.5, 0.6) is 0 Å². The normalized spacial score (nSPS) is 26.4. The van der Waals surface area contributed by atoms with Crippen LogP contribution in [0.3, 0.4) is 0 Å². The first-order valence-electron chi connectivity index (χ1n) is 2.58. The van der Waals surface area contributed by atoms with E-state index in [9.17, 15) is 4.79 Å². The van der Waals surface area contributed by atoms with Crippen molar-refractivity contribution in [3.05, 3.63) is 0 Å². The fourth-order valence-corrected chi connectivity index (χ4v) is 0.492. The molecule has 3 heteroatoms. The van der Waals surface area contributed by atoms with E-state index >= 15 is 0 Å². The van der Waals surface area contributed by atoms with Crippen LogP contribution in [0.1, 0.15) is 13.3 Å². The summed E-state index contributed by atoms with van der Waals surface area (Å²) >= 11 is 0. The Labute approximate surface area is 47.6 Å². The summed E-state index contributed by atoms with van der Waals surface area (Å²) < 4.78 is 9.42. The van der Waals surface area contributed by atoms with E-state index in [0.717, 1.165) is 13.0 Å². The van der Waals surface area contributed by atoms with Crippen LogP contribution in [0.4, 0.5) is 0 Å². The molecule has 0 N–H and O–H groups in total. The fourth-order valence-electron chi connectivity index (χ4n) is 0.492. The van der Waals surface area contributed by atoms with E-state index in [1.165, 1.54) is 6.92 Å². The summed E-state index contributed by atoms with van der Waals surface area (Å²) in [5.74, 6) is -0.269. The molecule has 1 unspecified atom stereocenters. The number of hydrogen-bond donors (Lipinski definition) is 0. The molecule has 0 bridgehead atoms. The van der Waals surface area contributed by atoms with Gasteiger partial charge in [-0.25, -0.2) is 0 Å². The zero-order valence-corrected chi connectivity index (χ0v) is 4.72. The van der Waals surface area contributed by atoms with Gasteiger partial charge in [0, 0.05) is 13.3 Å². The van der Waals surface area contributed by atoms with E-state index < -0.39 is 0 Å². The van der Waals surface area contributed by atoms with Gasteiger partial charge in [-0.05, 0) is 0 Å². The predicted octanol–water partition coefficient (Wildman–Crippen LogP) is 0.296. The van der Waals surface area contributed by atoms with Crippen molar-refractivity contribution in [3.63, 3.8) is 0 Å². The van der Waals surface area contributed by atoms with Gasteiger partial charge in [-0.1, -0.05) is 0 Å². The Kier molecular flexibility index (Phi) is 1.48. The van der Waals surface area contributed by atoms with Gasteiger partial charge in [-0.3, -0.25) is 4.79 Å². The second-order valence-corrected chi connectivity index (χ2v) is 1.70. The smallest absolute Gasteiger partial charge is 0.304 e. The maximum Gasteiger partial charge on any atom is 0.304 e. The molecule has 1 aliphatic rings. The third kappa shape index (κ3) is 1.20. The molecule has 0 spiro atoms. The van der Waals surface area contributed by atoms with E-state index in [-0.39, 0.29) is 12.3 Å². The molecular weight excluding hydrogens is 108 g/mol. The number of carbonyl (C=O) groups excluding carboxylic acids is 1. The highest BCUT2D eigenvalue weighted by molar-refractivity contribution is 5.66. The average molecular weight is 116 g/mol. The first kappa shape index (κ1) is 5.56. The maximum absolute atomic E-state index is 10.1. The van der Waals surface area contributed by atoms with Crippen LogP contribution in [0, 0.1) is 0 Å². The monoisotopic (exact) mass is 116 g/mol. The highest BCUT2D eigenvalue weighted by atomic mass is 16.7. The lowest BCUT2D eigenvalue weighted by atomic mass is 10.3. The van der Waals surface area contributed by atoms with Crippen molar-refractivity contribution in [1.29, 1.82) is 0 Å². The Morgan fingerprint density at radius 2 is 2.50 bits per heavy atom. The molecule has 1 aliphatic heterocycles. The van der Waals surface area contributed by atoms with Gasteiger partial charge in [0.25, 0.3) is 0 Å². The van der Waals surface area contributed by atoms with E-state index in [0.29, 0.717) is 0 Å². The van der Waals surface area contributed by atoms with Gasteiger partial charge in [0.05, 0.1) is 6.61 Å². The average Bonchev–Trinajstić information content (AvgIpc) is 1.55. The number of esters is 1. The SMILES string of the molecule is CC(=O)OC1CCO1. The molecule has 0 radical (unpaired) electrons. The van der Waals surface area contributed by atoms with Crippen molar-refractivity contribution >= 4 is 5.97 Å². The Balaban J connectivity index is 2.09. The molecule has 0 aromatic carbocycles. The molecule has 0 aromatic rings. The quantitative estimate of drug-likeness (QED) is 0.462. The molecule has 1 rings (SSSR count). The van der Waals surface area contributed by atoms with Crippen molar-refractivity contribution in [2.75, 3.05) is 6.61 Å². The largest absolute Gasteiger partial charge is 0.436 e. The molecule has 0 saturated carbocycles. The van der Waals surface area contributed by atoms with Crippen molar-refractivity contribution in [2.24, 2.45) is 0 Å². The highest BCUT2D eigenvalue weighted by Gasteiger charge is 2.20. The van der Waals surface area contributed by atoms with E-state index in [2.05, 4.69) is 4.74 Å². The lowest BCUT2D eigenvalue weighted by Gasteiger charge is -2.24. The Morgan fingerprint density at radius 3 is 2.62 bits per heavy atom. The number of carbonyl (C=O) groups is 1. The molecule has 46 valence electrons. The summed E-state index contributed by atoms with van der Waals surface area (Å²) in [6, 6.07) is 0. The minimum absolute atomic E-state index is 0.243. The molecule has 0 amide bonds. The fraction of sp³-hybridized carbons (Fsp3) is 0.800. The minimum Gasteiger partial charge on any atom is -0.436 e. The minimum atomic E-state index is -0.269. The molecule has 8 heavy (non-hydrogen) atoms. The zero-order valence-electron chi connectivity index (χ0n) is 4.72. The van der Waals surface area contributed by atoms with Crippen LogP contribution in [-0.4, -0.2) is 18.9 Å². The molecule has 1 heterocycles. The van der Waals surface area contributed by atoms with Gasteiger partial charge in [0.15, 0.2) is 0 Å². The third-order valence-corrected chi connectivity index (χ3v) is 0.955. The van der Waals surface area contributed by atoms with Gasteiger partial charge >= 0.3 is 5.97 Å². The van der Waals surface area contributed by atoms with Gasteiger partial charge in [0.2, 0.25) is 6.29 Å². The molecule has 1 saturated heterocycles. The Morgan fingerprint density at radius 1 is 1.88 bits per heavy atom. The molecule has 1 atom stereocenters. The second-order valence-electron chi connectivity index (χ2n) is 1.70. The first-order chi connectivity index (χ1) is 3.79. The van der Waals surface area contributed by atoms with Crippen molar-refractivity contribution in [1.82, 2.24) is 0 Å². The second kappa shape index (κ2) is 2.13. The van der Waals surface area contributed by atoms with Gasteiger partial charge in [-0.2, -0.15) is 0 Å².